The lowest BCUT2D eigenvalue weighted by Crippen LogP contribution is -2.38. The van der Waals surface area contributed by atoms with E-state index in [0.717, 1.165) is 6.54 Å². The van der Waals surface area contributed by atoms with Crippen molar-refractivity contribution in [1.29, 1.82) is 0 Å². The summed E-state index contributed by atoms with van der Waals surface area (Å²) in [5.74, 6) is 0.571. The van der Waals surface area contributed by atoms with Crippen molar-refractivity contribution in [3.63, 3.8) is 0 Å². The van der Waals surface area contributed by atoms with Crippen molar-refractivity contribution in [2.24, 2.45) is 0 Å². The van der Waals surface area contributed by atoms with E-state index in [-0.39, 0.29) is 12.1 Å². The predicted octanol–water partition coefficient (Wildman–Crippen LogP) is 1.66. The molecule has 2 atom stereocenters. The summed E-state index contributed by atoms with van der Waals surface area (Å²) in [5.41, 5.74) is 2.60. The molecule has 1 aromatic rings. The first-order valence-corrected chi connectivity index (χ1v) is 6.25. The molecule has 1 aliphatic rings. The number of hydrogen-bond donors (Lipinski definition) is 2. The highest BCUT2D eigenvalue weighted by Gasteiger charge is 2.25. The number of rotatable bonds is 4. The van der Waals surface area contributed by atoms with Crippen LogP contribution in [0.1, 0.15) is 30.9 Å². The minimum Gasteiger partial charge on any atom is -0.389 e. The van der Waals surface area contributed by atoms with Crippen LogP contribution in [0.25, 0.3) is 0 Å². The summed E-state index contributed by atoms with van der Waals surface area (Å²) >= 11 is 0. The summed E-state index contributed by atoms with van der Waals surface area (Å²) in [6.07, 6.45) is -0.370. The summed E-state index contributed by atoms with van der Waals surface area (Å²) in [6.45, 7) is 6.22. The number of hydrogen-bond acceptors (Lipinski definition) is 3. The Morgan fingerprint density at radius 1 is 1.29 bits per heavy atom. The molecule has 3 nitrogen and oxygen atoms in total. The van der Waals surface area contributed by atoms with E-state index in [0.29, 0.717) is 19.1 Å². The second kappa shape index (κ2) is 5.63. The average molecular weight is 235 g/mol. The Hall–Kier alpha value is -0.900. The van der Waals surface area contributed by atoms with Crippen LogP contribution in [0, 0.1) is 0 Å². The Labute approximate surface area is 103 Å². The van der Waals surface area contributed by atoms with Gasteiger partial charge >= 0.3 is 0 Å². The number of aliphatic hydroxyl groups excluding tert-OH is 1. The molecule has 0 radical (unpaired) electrons. The fraction of sp³-hybridized carbons (Fsp3) is 0.571. The van der Waals surface area contributed by atoms with Crippen LogP contribution in [0.15, 0.2) is 24.3 Å². The number of nitrogens with one attached hydrogen (secondary N) is 1. The molecule has 1 fully saturated rings. The molecule has 94 valence electrons. The third-order valence-corrected chi connectivity index (χ3v) is 3.27. The van der Waals surface area contributed by atoms with Gasteiger partial charge in [-0.25, -0.2) is 0 Å². The summed E-state index contributed by atoms with van der Waals surface area (Å²) < 4.78 is 5.20. The fourth-order valence-corrected chi connectivity index (χ4v) is 2.01. The maximum absolute atomic E-state index is 9.60. The van der Waals surface area contributed by atoms with Gasteiger partial charge in [0.15, 0.2) is 0 Å². The summed E-state index contributed by atoms with van der Waals surface area (Å²) in [4.78, 5) is 0. The van der Waals surface area contributed by atoms with Crippen molar-refractivity contribution in [3.8, 4) is 0 Å². The molecule has 2 rings (SSSR count). The van der Waals surface area contributed by atoms with Gasteiger partial charge in [0, 0.05) is 6.54 Å². The smallest absolute Gasteiger partial charge is 0.0948 e. The summed E-state index contributed by atoms with van der Waals surface area (Å²) in [6, 6.07) is 8.70. The van der Waals surface area contributed by atoms with E-state index in [1.165, 1.54) is 11.1 Å². The lowest BCUT2D eigenvalue weighted by atomic mass is 10.0. The van der Waals surface area contributed by atoms with E-state index in [4.69, 9.17) is 4.74 Å². The molecule has 0 amide bonds. The van der Waals surface area contributed by atoms with Crippen LogP contribution >= 0.6 is 0 Å². The SMILES string of the molecule is CC(C)c1ccc(CNC2COCC2O)cc1. The Balaban J connectivity index is 1.86. The van der Waals surface area contributed by atoms with Gasteiger partial charge in [-0.05, 0) is 17.0 Å². The molecule has 0 aliphatic carbocycles. The van der Waals surface area contributed by atoms with Gasteiger partial charge in [-0.1, -0.05) is 38.1 Å². The van der Waals surface area contributed by atoms with Crippen LogP contribution in [0.4, 0.5) is 0 Å². The van der Waals surface area contributed by atoms with E-state index in [1.54, 1.807) is 0 Å². The molecule has 0 bridgehead atoms. The normalized spacial score (nSPS) is 24.5. The van der Waals surface area contributed by atoms with Gasteiger partial charge in [-0.3, -0.25) is 0 Å². The van der Waals surface area contributed by atoms with Gasteiger partial charge in [-0.15, -0.1) is 0 Å². The van der Waals surface area contributed by atoms with E-state index in [9.17, 15) is 5.11 Å². The second-order valence-electron chi connectivity index (χ2n) is 4.99. The maximum Gasteiger partial charge on any atom is 0.0948 e. The molecule has 1 aromatic carbocycles. The van der Waals surface area contributed by atoms with Gasteiger partial charge in [-0.2, -0.15) is 0 Å². The van der Waals surface area contributed by atoms with Gasteiger partial charge in [0.25, 0.3) is 0 Å². The minimum absolute atomic E-state index is 0.0692. The highest BCUT2D eigenvalue weighted by molar-refractivity contribution is 5.24. The Kier molecular flexibility index (Phi) is 4.15. The van der Waals surface area contributed by atoms with Crippen LogP contribution in [0.5, 0.6) is 0 Å². The third-order valence-electron chi connectivity index (χ3n) is 3.27. The van der Waals surface area contributed by atoms with Gasteiger partial charge in [0.1, 0.15) is 0 Å². The van der Waals surface area contributed by atoms with Crippen molar-refractivity contribution < 1.29 is 9.84 Å². The Morgan fingerprint density at radius 2 is 2.00 bits per heavy atom. The topological polar surface area (TPSA) is 41.5 Å². The van der Waals surface area contributed by atoms with Crippen LogP contribution < -0.4 is 5.32 Å². The third kappa shape index (κ3) is 3.28. The fourth-order valence-electron chi connectivity index (χ4n) is 2.01. The largest absolute Gasteiger partial charge is 0.389 e. The minimum atomic E-state index is -0.370. The van der Waals surface area contributed by atoms with Crippen molar-refractivity contribution in [2.45, 2.75) is 38.5 Å². The quantitative estimate of drug-likeness (QED) is 0.834. The molecule has 1 aliphatic heterocycles. The highest BCUT2D eigenvalue weighted by atomic mass is 16.5. The van der Waals surface area contributed by atoms with Gasteiger partial charge in [0.05, 0.1) is 25.4 Å². The highest BCUT2D eigenvalue weighted by Crippen LogP contribution is 2.15. The van der Waals surface area contributed by atoms with Crippen LogP contribution in [0.3, 0.4) is 0 Å². The second-order valence-corrected chi connectivity index (χ2v) is 4.99. The van der Waals surface area contributed by atoms with Crippen molar-refractivity contribution in [2.75, 3.05) is 13.2 Å². The molecular weight excluding hydrogens is 214 g/mol. The molecule has 1 saturated heterocycles. The zero-order chi connectivity index (χ0) is 12.3. The lowest BCUT2D eigenvalue weighted by Gasteiger charge is -2.14. The monoisotopic (exact) mass is 235 g/mol. The van der Waals surface area contributed by atoms with E-state index in [2.05, 4.69) is 43.4 Å². The van der Waals surface area contributed by atoms with Crippen LogP contribution in [-0.2, 0) is 11.3 Å². The van der Waals surface area contributed by atoms with E-state index >= 15 is 0 Å². The summed E-state index contributed by atoms with van der Waals surface area (Å²) in [5, 5.41) is 12.9. The first kappa shape index (κ1) is 12.6. The maximum atomic E-state index is 9.60. The van der Waals surface area contributed by atoms with Crippen molar-refractivity contribution in [1.82, 2.24) is 5.32 Å². The zero-order valence-corrected chi connectivity index (χ0v) is 10.5. The molecule has 1 heterocycles. The zero-order valence-electron chi connectivity index (χ0n) is 10.5. The van der Waals surface area contributed by atoms with Crippen LogP contribution in [0.2, 0.25) is 0 Å². The molecule has 0 spiro atoms. The molecule has 0 aromatic heterocycles. The first-order chi connectivity index (χ1) is 8.16. The molecule has 0 saturated carbocycles. The molecule has 2 N–H and O–H groups in total. The van der Waals surface area contributed by atoms with Gasteiger partial charge in [0.2, 0.25) is 0 Å². The number of aliphatic hydroxyl groups is 1. The lowest BCUT2D eigenvalue weighted by molar-refractivity contribution is 0.122. The molecular formula is C14H21NO2. The standard InChI is InChI=1S/C14H21NO2/c1-10(2)12-5-3-11(4-6-12)7-15-13-8-17-9-14(13)16/h3-6,10,13-16H,7-9H2,1-2H3. The molecule has 2 unspecified atom stereocenters. The summed E-state index contributed by atoms with van der Waals surface area (Å²) in [7, 11) is 0. The van der Waals surface area contributed by atoms with E-state index in [1.807, 2.05) is 0 Å². The first-order valence-electron chi connectivity index (χ1n) is 6.25. The average Bonchev–Trinajstić information content (AvgIpc) is 2.73. The van der Waals surface area contributed by atoms with Crippen molar-refractivity contribution >= 4 is 0 Å². The number of ether oxygens (including phenoxy) is 1. The van der Waals surface area contributed by atoms with E-state index < -0.39 is 0 Å². The van der Waals surface area contributed by atoms with Gasteiger partial charge < -0.3 is 15.2 Å². The Bertz CT molecular complexity index is 348. The molecule has 17 heavy (non-hydrogen) atoms. The molecule has 3 heteroatoms. The predicted molar refractivity (Wildman–Crippen MR) is 68.0 cm³/mol. The Morgan fingerprint density at radius 3 is 2.53 bits per heavy atom. The van der Waals surface area contributed by atoms with Crippen LogP contribution in [-0.4, -0.2) is 30.5 Å². The van der Waals surface area contributed by atoms with Crippen molar-refractivity contribution in [3.05, 3.63) is 35.4 Å². The number of benzene rings is 1.